The minimum atomic E-state index is 0.715. The Morgan fingerprint density at radius 1 is 1.31 bits per heavy atom. The zero-order valence-electron chi connectivity index (χ0n) is 16.3. The number of hydrogen-bond donors (Lipinski definition) is 2. The number of aryl methyl sites for hydroxylation is 2. The van der Waals surface area contributed by atoms with Crippen LogP contribution in [0.25, 0.3) is 11.0 Å². The first kappa shape index (κ1) is 18.7. The summed E-state index contributed by atoms with van der Waals surface area (Å²) in [5.74, 6) is 2.70. The number of para-hydroxylation sites is 2. The quantitative estimate of drug-likeness (QED) is 0.473. The van der Waals surface area contributed by atoms with Crippen molar-refractivity contribution >= 4 is 17.0 Å². The molecule has 0 amide bonds. The minimum absolute atomic E-state index is 0.715. The second kappa shape index (κ2) is 9.03. The Balaban J connectivity index is 1.42. The normalized spacial score (nSPS) is 19.0. The number of aromatic nitrogens is 2. The summed E-state index contributed by atoms with van der Waals surface area (Å²) < 4.78 is 2.30. The highest BCUT2D eigenvalue weighted by Crippen LogP contribution is 2.16. The molecule has 1 aliphatic rings. The van der Waals surface area contributed by atoms with Crippen LogP contribution >= 0.6 is 0 Å². The summed E-state index contributed by atoms with van der Waals surface area (Å²) in [6, 6.07) is 8.34. The van der Waals surface area contributed by atoms with Crippen molar-refractivity contribution in [2.45, 2.75) is 32.7 Å². The fourth-order valence-electron chi connectivity index (χ4n) is 3.82. The van der Waals surface area contributed by atoms with Crippen molar-refractivity contribution in [3.8, 4) is 0 Å². The van der Waals surface area contributed by atoms with Crippen molar-refractivity contribution in [2.24, 2.45) is 10.9 Å². The van der Waals surface area contributed by atoms with Crippen LogP contribution in [0.2, 0.25) is 0 Å². The number of hydrogen-bond acceptors (Lipinski definition) is 3. The maximum absolute atomic E-state index is 4.63. The standard InChI is InChI=1S/C20H32N6/c1-16-24-18-9-4-5-10-19(18)26(16)13-7-11-22-20(21-2)23-14-17-8-6-12-25(3)15-17/h4-5,9-10,17H,6-8,11-15H2,1-3H3,(H2,21,22,23). The lowest BCUT2D eigenvalue weighted by Gasteiger charge is -2.30. The van der Waals surface area contributed by atoms with Gasteiger partial charge >= 0.3 is 0 Å². The average Bonchev–Trinajstić information content (AvgIpc) is 2.96. The van der Waals surface area contributed by atoms with E-state index in [4.69, 9.17) is 0 Å². The highest BCUT2D eigenvalue weighted by Gasteiger charge is 2.17. The molecule has 0 radical (unpaired) electrons. The van der Waals surface area contributed by atoms with E-state index < -0.39 is 0 Å². The van der Waals surface area contributed by atoms with Crippen LogP contribution in [0.5, 0.6) is 0 Å². The lowest BCUT2D eigenvalue weighted by Crippen LogP contribution is -2.43. The number of likely N-dealkylation sites (tertiary alicyclic amines) is 1. The molecule has 1 atom stereocenters. The van der Waals surface area contributed by atoms with E-state index >= 15 is 0 Å². The fourth-order valence-corrected chi connectivity index (χ4v) is 3.82. The molecule has 3 rings (SSSR count). The van der Waals surface area contributed by atoms with E-state index in [0.29, 0.717) is 5.92 Å². The van der Waals surface area contributed by atoms with Gasteiger partial charge in [-0.25, -0.2) is 4.98 Å². The van der Waals surface area contributed by atoms with Crippen LogP contribution < -0.4 is 10.6 Å². The van der Waals surface area contributed by atoms with Crippen LogP contribution in [0.4, 0.5) is 0 Å². The first-order valence-electron chi connectivity index (χ1n) is 9.72. The molecule has 0 bridgehead atoms. The molecule has 1 saturated heterocycles. The van der Waals surface area contributed by atoms with Gasteiger partial charge in [0.1, 0.15) is 5.82 Å². The lowest BCUT2D eigenvalue weighted by atomic mass is 9.99. The first-order chi connectivity index (χ1) is 12.7. The molecule has 2 heterocycles. The molecule has 2 N–H and O–H groups in total. The number of nitrogens with zero attached hydrogens (tertiary/aromatic N) is 4. The molecule has 0 aliphatic carbocycles. The summed E-state index contributed by atoms with van der Waals surface area (Å²) in [4.78, 5) is 11.4. The van der Waals surface area contributed by atoms with Crippen molar-refractivity contribution in [3.05, 3.63) is 30.1 Å². The Bertz CT molecular complexity index is 735. The van der Waals surface area contributed by atoms with Gasteiger partial charge in [0.2, 0.25) is 0 Å². The average molecular weight is 357 g/mol. The van der Waals surface area contributed by atoms with Gasteiger partial charge in [-0.15, -0.1) is 0 Å². The predicted molar refractivity (Wildman–Crippen MR) is 109 cm³/mol. The van der Waals surface area contributed by atoms with Gasteiger partial charge in [-0.3, -0.25) is 4.99 Å². The van der Waals surface area contributed by atoms with Gasteiger partial charge in [0.25, 0.3) is 0 Å². The van der Waals surface area contributed by atoms with E-state index in [-0.39, 0.29) is 0 Å². The second-order valence-corrected chi connectivity index (χ2v) is 7.30. The Morgan fingerprint density at radius 2 is 2.15 bits per heavy atom. The van der Waals surface area contributed by atoms with E-state index in [1.165, 1.54) is 31.4 Å². The molecule has 1 aliphatic heterocycles. The third-order valence-corrected chi connectivity index (χ3v) is 5.20. The number of nitrogens with one attached hydrogen (secondary N) is 2. The molecule has 0 saturated carbocycles. The van der Waals surface area contributed by atoms with Crippen molar-refractivity contribution < 1.29 is 0 Å². The number of aliphatic imine (C=N–C) groups is 1. The lowest BCUT2D eigenvalue weighted by molar-refractivity contribution is 0.210. The Hall–Kier alpha value is -2.08. The van der Waals surface area contributed by atoms with Gasteiger partial charge in [0.05, 0.1) is 11.0 Å². The van der Waals surface area contributed by atoms with Crippen LogP contribution in [0, 0.1) is 12.8 Å². The van der Waals surface area contributed by atoms with Crippen LogP contribution in [-0.2, 0) is 6.54 Å². The SMILES string of the molecule is CN=C(NCCCn1c(C)nc2ccccc21)NCC1CCCN(C)C1. The van der Waals surface area contributed by atoms with Crippen LogP contribution in [0.15, 0.2) is 29.3 Å². The smallest absolute Gasteiger partial charge is 0.190 e. The van der Waals surface area contributed by atoms with Gasteiger partial charge in [-0.05, 0) is 57.8 Å². The number of guanidine groups is 1. The van der Waals surface area contributed by atoms with Crippen LogP contribution in [0.1, 0.15) is 25.1 Å². The summed E-state index contributed by atoms with van der Waals surface area (Å²) in [7, 11) is 4.05. The summed E-state index contributed by atoms with van der Waals surface area (Å²) in [5, 5.41) is 6.93. The number of piperidine rings is 1. The molecular weight excluding hydrogens is 324 g/mol. The number of benzene rings is 1. The first-order valence-corrected chi connectivity index (χ1v) is 9.72. The summed E-state index contributed by atoms with van der Waals surface area (Å²) in [6.07, 6.45) is 3.64. The summed E-state index contributed by atoms with van der Waals surface area (Å²) in [5.41, 5.74) is 2.29. The maximum Gasteiger partial charge on any atom is 0.190 e. The van der Waals surface area contributed by atoms with Crippen LogP contribution in [-0.4, -0.2) is 60.7 Å². The number of rotatable bonds is 6. The van der Waals surface area contributed by atoms with Crippen molar-refractivity contribution in [2.75, 3.05) is 40.3 Å². The highest BCUT2D eigenvalue weighted by molar-refractivity contribution is 5.79. The summed E-state index contributed by atoms with van der Waals surface area (Å²) in [6.45, 7) is 7.34. The molecule has 6 nitrogen and oxygen atoms in total. The zero-order valence-corrected chi connectivity index (χ0v) is 16.3. The number of fused-ring (bicyclic) bond motifs is 1. The second-order valence-electron chi connectivity index (χ2n) is 7.30. The molecule has 26 heavy (non-hydrogen) atoms. The Morgan fingerprint density at radius 3 is 2.96 bits per heavy atom. The highest BCUT2D eigenvalue weighted by atomic mass is 15.2. The van der Waals surface area contributed by atoms with E-state index in [2.05, 4.69) is 62.2 Å². The molecule has 6 heteroatoms. The topological polar surface area (TPSA) is 57.5 Å². The molecule has 1 aromatic heterocycles. The van der Waals surface area contributed by atoms with Crippen molar-refractivity contribution in [1.29, 1.82) is 0 Å². The van der Waals surface area contributed by atoms with Gasteiger partial charge < -0.3 is 20.1 Å². The maximum atomic E-state index is 4.63. The summed E-state index contributed by atoms with van der Waals surface area (Å²) >= 11 is 0. The number of imidazole rings is 1. The van der Waals surface area contributed by atoms with Crippen LogP contribution in [0.3, 0.4) is 0 Å². The molecule has 1 unspecified atom stereocenters. The molecular formula is C20H32N6. The largest absolute Gasteiger partial charge is 0.356 e. The van der Waals surface area contributed by atoms with Gasteiger partial charge in [0.15, 0.2) is 5.96 Å². The third-order valence-electron chi connectivity index (χ3n) is 5.20. The fraction of sp³-hybridized carbons (Fsp3) is 0.600. The van der Waals surface area contributed by atoms with Gasteiger partial charge in [0, 0.05) is 33.2 Å². The van der Waals surface area contributed by atoms with E-state index in [0.717, 1.165) is 43.4 Å². The molecule has 1 fully saturated rings. The van der Waals surface area contributed by atoms with Gasteiger partial charge in [-0.1, -0.05) is 12.1 Å². The molecule has 142 valence electrons. The van der Waals surface area contributed by atoms with Crippen molar-refractivity contribution in [1.82, 2.24) is 25.1 Å². The van der Waals surface area contributed by atoms with E-state index in [1.54, 1.807) is 0 Å². The van der Waals surface area contributed by atoms with E-state index in [1.807, 2.05) is 13.1 Å². The Kier molecular flexibility index (Phi) is 6.50. The van der Waals surface area contributed by atoms with Crippen molar-refractivity contribution in [3.63, 3.8) is 0 Å². The molecule has 1 aromatic carbocycles. The third kappa shape index (κ3) is 4.75. The monoisotopic (exact) mass is 356 g/mol. The van der Waals surface area contributed by atoms with E-state index in [9.17, 15) is 0 Å². The zero-order chi connectivity index (χ0) is 18.4. The molecule has 2 aromatic rings. The minimum Gasteiger partial charge on any atom is -0.356 e. The van der Waals surface area contributed by atoms with Gasteiger partial charge in [-0.2, -0.15) is 0 Å². The Labute approximate surface area is 156 Å². The molecule has 0 spiro atoms. The predicted octanol–water partition coefficient (Wildman–Crippen LogP) is 2.24.